The summed E-state index contributed by atoms with van der Waals surface area (Å²) in [5, 5.41) is 2.92. The normalized spacial score (nSPS) is 13.7. The maximum absolute atomic E-state index is 11.9. The lowest BCUT2D eigenvalue weighted by Crippen LogP contribution is -2.44. The maximum Gasteiger partial charge on any atom is 0.239 e. The molecule has 106 valence electrons. The smallest absolute Gasteiger partial charge is 0.239 e. The molecule has 2 unspecified atom stereocenters. The van der Waals surface area contributed by atoms with E-state index in [1.54, 1.807) is 7.11 Å². The molecule has 0 fully saturated rings. The average molecular weight is 266 g/mol. The van der Waals surface area contributed by atoms with Crippen LogP contribution in [0.25, 0.3) is 0 Å². The number of carbonyl (C=O) groups excluding carboxylic acids is 1. The lowest BCUT2D eigenvalue weighted by Gasteiger charge is -2.21. The van der Waals surface area contributed by atoms with Gasteiger partial charge < -0.3 is 20.5 Å². The molecule has 0 aliphatic heterocycles. The zero-order chi connectivity index (χ0) is 14.3. The van der Waals surface area contributed by atoms with Gasteiger partial charge in [-0.15, -0.1) is 0 Å². The lowest BCUT2D eigenvalue weighted by atomic mass is 10.0. The molecule has 0 saturated heterocycles. The van der Waals surface area contributed by atoms with E-state index >= 15 is 0 Å². The molecule has 3 N–H and O–H groups in total. The maximum atomic E-state index is 11.9. The summed E-state index contributed by atoms with van der Waals surface area (Å²) in [5.41, 5.74) is 6.66. The largest absolute Gasteiger partial charge is 0.496 e. The molecule has 5 heteroatoms. The molecule has 0 aliphatic rings. The number of hydrogen-bond donors (Lipinski definition) is 2. The van der Waals surface area contributed by atoms with Gasteiger partial charge >= 0.3 is 0 Å². The van der Waals surface area contributed by atoms with Gasteiger partial charge in [-0.05, 0) is 12.5 Å². The minimum atomic E-state index is -0.659. The molecule has 1 amide bonds. The molecule has 0 aromatic heterocycles. The van der Waals surface area contributed by atoms with Crippen molar-refractivity contribution in [1.29, 1.82) is 0 Å². The van der Waals surface area contributed by atoms with Gasteiger partial charge in [-0.3, -0.25) is 4.79 Å². The second-order valence-corrected chi connectivity index (χ2v) is 4.27. The Bertz CT molecular complexity index is 409. The number of benzene rings is 1. The highest BCUT2D eigenvalue weighted by Crippen LogP contribution is 2.26. The van der Waals surface area contributed by atoms with Crippen LogP contribution < -0.4 is 15.8 Å². The highest BCUT2D eigenvalue weighted by Gasteiger charge is 2.20. The Labute approximate surface area is 114 Å². The van der Waals surface area contributed by atoms with Crippen LogP contribution in [-0.2, 0) is 9.53 Å². The predicted octanol–water partition coefficient (Wildman–Crippen LogP) is 1.24. The molecule has 5 nitrogen and oxygen atoms in total. The number of carbonyl (C=O) groups is 1. The Morgan fingerprint density at radius 1 is 1.37 bits per heavy atom. The van der Waals surface area contributed by atoms with E-state index in [4.69, 9.17) is 15.2 Å². The monoisotopic (exact) mass is 266 g/mol. The minimum absolute atomic E-state index is 0.119. The van der Waals surface area contributed by atoms with Crippen molar-refractivity contribution < 1.29 is 14.3 Å². The molecule has 2 atom stereocenters. The Balaban J connectivity index is 2.80. The average Bonchev–Trinajstić information content (AvgIpc) is 2.44. The first-order valence-electron chi connectivity index (χ1n) is 6.31. The number of hydrogen-bond acceptors (Lipinski definition) is 4. The fraction of sp³-hybridized carbons (Fsp3) is 0.500. The summed E-state index contributed by atoms with van der Waals surface area (Å²) in [6.45, 7) is 2.20. The zero-order valence-corrected chi connectivity index (χ0v) is 11.7. The molecule has 0 bridgehead atoms. The number of amides is 1. The molecule has 19 heavy (non-hydrogen) atoms. The number of para-hydroxylation sites is 1. The van der Waals surface area contributed by atoms with Crippen LogP contribution in [0.3, 0.4) is 0 Å². The number of ether oxygens (including phenoxy) is 2. The Kier molecular flexibility index (Phi) is 6.32. The molecule has 0 aliphatic carbocycles. The number of rotatable bonds is 7. The molecule has 0 heterocycles. The van der Waals surface area contributed by atoms with Crippen LogP contribution in [0.5, 0.6) is 5.75 Å². The zero-order valence-electron chi connectivity index (χ0n) is 11.7. The summed E-state index contributed by atoms with van der Waals surface area (Å²) in [5.74, 6) is 0.537. The molecular weight excluding hydrogens is 244 g/mol. The highest BCUT2D eigenvalue weighted by molar-refractivity contribution is 5.82. The van der Waals surface area contributed by atoms with E-state index in [2.05, 4.69) is 5.32 Å². The second kappa shape index (κ2) is 7.76. The third-order valence-electron chi connectivity index (χ3n) is 2.92. The standard InChI is InChI=1S/C14H22N2O3/c1-4-12(16-14(17)11(15)9-18-2)10-7-5-6-8-13(10)19-3/h5-8,11-12H,4,9,15H2,1-3H3,(H,16,17). The lowest BCUT2D eigenvalue weighted by molar-refractivity contribution is -0.124. The van der Waals surface area contributed by atoms with Crippen LogP contribution in [0, 0.1) is 0 Å². The fourth-order valence-electron chi connectivity index (χ4n) is 1.89. The molecule has 1 rings (SSSR count). The number of nitrogens with two attached hydrogens (primary N) is 1. The van der Waals surface area contributed by atoms with Gasteiger partial charge in [-0.2, -0.15) is 0 Å². The molecule has 0 radical (unpaired) electrons. The molecule has 1 aromatic carbocycles. The van der Waals surface area contributed by atoms with Crippen molar-refractivity contribution in [2.75, 3.05) is 20.8 Å². The SMILES string of the molecule is CCC(NC(=O)C(N)COC)c1ccccc1OC. The summed E-state index contributed by atoms with van der Waals surface area (Å²) in [7, 11) is 3.13. The Hall–Kier alpha value is -1.59. The summed E-state index contributed by atoms with van der Waals surface area (Å²) in [6.07, 6.45) is 0.756. The van der Waals surface area contributed by atoms with E-state index in [1.165, 1.54) is 7.11 Å². The van der Waals surface area contributed by atoms with Crippen molar-refractivity contribution in [3.8, 4) is 5.75 Å². The van der Waals surface area contributed by atoms with Gasteiger partial charge in [0.15, 0.2) is 0 Å². The Morgan fingerprint density at radius 3 is 2.63 bits per heavy atom. The van der Waals surface area contributed by atoms with Gasteiger partial charge in [0.1, 0.15) is 11.8 Å². The summed E-state index contributed by atoms with van der Waals surface area (Å²) in [6, 6.07) is 6.85. The number of methoxy groups -OCH3 is 2. The first-order valence-corrected chi connectivity index (χ1v) is 6.31. The summed E-state index contributed by atoms with van der Waals surface area (Å²) < 4.78 is 10.2. The topological polar surface area (TPSA) is 73.6 Å². The molecule has 0 saturated carbocycles. The second-order valence-electron chi connectivity index (χ2n) is 4.27. The molecule has 0 spiro atoms. The fourth-order valence-corrected chi connectivity index (χ4v) is 1.89. The van der Waals surface area contributed by atoms with Crippen LogP contribution in [0.1, 0.15) is 24.9 Å². The van der Waals surface area contributed by atoms with Gasteiger partial charge in [0.2, 0.25) is 5.91 Å². The first kappa shape index (κ1) is 15.5. The van der Waals surface area contributed by atoms with Gasteiger partial charge in [0, 0.05) is 12.7 Å². The number of nitrogens with one attached hydrogen (secondary N) is 1. The molecule has 1 aromatic rings. The van der Waals surface area contributed by atoms with Crippen molar-refractivity contribution in [2.24, 2.45) is 5.73 Å². The van der Waals surface area contributed by atoms with Crippen molar-refractivity contribution in [2.45, 2.75) is 25.4 Å². The van der Waals surface area contributed by atoms with Crippen LogP contribution in [0.2, 0.25) is 0 Å². The highest BCUT2D eigenvalue weighted by atomic mass is 16.5. The summed E-state index contributed by atoms with van der Waals surface area (Å²) in [4.78, 5) is 11.9. The van der Waals surface area contributed by atoms with E-state index in [0.717, 1.165) is 17.7 Å². The predicted molar refractivity (Wildman–Crippen MR) is 74.0 cm³/mol. The van der Waals surface area contributed by atoms with Crippen LogP contribution in [0.4, 0.5) is 0 Å². The van der Waals surface area contributed by atoms with Crippen molar-refractivity contribution in [1.82, 2.24) is 5.32 Å². The van der Waals surface area contributed by atoms with E-state index in [1.807, 2.05) is 31.2 Å². The van der Waals surface area contributed by atoms with E-state index < -0.39 is 6.04 Å². The third kappa shape index (κ3) is 4.22. The quantitative estimate of drug-likeness (QED) is 0.778. The summed E-state index contributed by atoms with van der Waals surface area (Å²) >= 11 is 0. The van der Waals surface area contributed by atoms with E-state index in [-0.39, 0.29) is 18.6 Å². The van der Waals surface area contributed by atoms with Crippen LogP contribution in [-0.4, -0.2) is 32.8 Å². The minimum Gasteiger partial charge on any atom is -0.496 e. The van der Waals surface area contributed by atoms with Crippen LogP contribution >= 0.6 is 0 Å². The van der Waals surface area contributed by atoms with Crippen molar-refractivity contribution in [3.63, 3.8) is 0 Å². The van der Waals surface area contributed by atoms with Crippen molar-refractivity contribution >= 4 is 5.91 Å². The van der Waals surface area contributed by atoms with E-state index in [0.29, 0.717) is 0 Å². The van der Waals surface area contributed by atoms with Crippen molar-refractivity contribution in [3.05, 3.63) is 29.8 Å². The van der Waals surface area contributed by atoms with Crippen LogP contribution in [0.15, 0.2) is 24.3 Å². The van der Waals surface area contributed by atoms with E-state index in [9.17, 15) is 4.79 Å². The van der Waals surface area contributed by atoms with Gasteiger partial charge in [-0.1, -0.05) is 25.1 Å². The van der Waals surface area contributed by atoms with Gasteiger partial charge in [0.05, 0.1) is 19.8 Å². The first-order chi connectivity index (χ1) is 9.13. The van der Waals surface area contributed by atoms with Gasteiger partial charge in [-0.25, -0.2) is 0 Å². The third-order valence-corrected chi connectivity index (χ3v) is 2.92. The Morgan fingerprint density at radius 2 is 2.05 bits per heavy atom. The van der Waals surface area contributed by atoms with Gasteiger partial charge in [0.25, 0.3) is 0 Å². The molecular formula is C14H22N2O3.